The summed E-state index contributed by atoms with van der Waals surface area (Å²) in [6.45, 7) is 7.51. The molecule has 1 rings (SSSR count). The summed E-state index contributed by atoms with van der Waals surface area (Å²) in [5.41, 5.74) is 0.281. The number of nitrogens with zero attached hydrogens (tertiary/aromatic N) is 1. The zero-order valence-electron chi connectivity index (χ0n) is 10.7. The molecule has 94 valence electrons. The number of ketones is 2. The van der Waals surface area contributed by atoms with Crippen molar-refractivity contribution in [3.63, 3.8) is 0 Å². The topological polar surface area (TPSA) is 38.0 Å². The lowest BCUT2D eigenvalue weighted by atomic mass is 9.91. The Bertz CT molecular complexity index is 422. The molecule has 0 fully saturated rings. The summed E-state index contributed by atoms with van der Waals surface area (Å²) in [5.74, 6) is 0.163. The molecular formula is C13H18BrNO2. The van der Waals surface area contributed by atoms with Crippen molar-refractivity contribution in [2.75, 3.05) is 0 Å². The molecule has 0 aliphatic heterocycles. The average Bonchev–Trinajstić information content (AvgIpc) is 2.16. The molecule has 1 aromatic rings. The largest absolute Gasteiger partial charge is 1.00 e. The van der Waals surface area contributed by atoms with E-state index >= 15 is 0 Å². The van der Waals surface area contributed by atoms with E-state index < -0.39 is 0 Å². The Hall–Kier alpha value is -1.03. The molecule has 3 nitrogen and oxygen atoms in total. The molecule has 0 spiro atoms. The monoisotopic (exact) mass is 299 g/mol. The van der Waals surface area contributed by atoms with Crippen LogP contribution in [0, 0.1) is 5.41 Å². The average molecular weight is 300 g/mol. The lowest BCUT2D eigenvalue weighted by molar-refractivity contribution is -0.684. The molecule has 17 heavy (non-hydrogen) atoms. The maximum atomic E-state index is 11.8. The minimum atomic E-state index is -0.348. The van der Waals surface area contributed by atoms with Crippen molar-refractivity contribution in [1.82, 2.24) is 0 Å². The summed E-state index contributed by atoms with van der Waals surface area (Å²) in [5, 5.41) is 0. The highest BCUT2D eigenvalue weighted by molar-refractivity contribution is 5.93. The molecular weight excluding hydrogens is 282 g/mol. The molecule has 0 aliphatic carbocycles. The maximum Gasteiger partial charge on any atom is 0.207 e. The van der Waals surface area contributed by atoms with Crippen LogP contribution in [0.1, 0.15) is 38.1 Å². The fourth-order valence-corrected chi connectivity index (χ4v) is 1.23. The Labute approximate surface area is 113 Å². The molecule has 0 unspecified atom stereocenters. The predicted octanol–water partition coefficient (Wildman–Crippen LogP) is -1.20. The number of halogens is 1. The summed E-state index contributed by atoms with van der Waals surface area (Å²) in [4.78, 5) is 23.0. The lowest BCUT2D eigenvalue weighted by Crippen LogP contribution is -3.00. The van der Waals surface area contributed by atoms with Gasteiger partial charge in [0.2, 0.25) is 12.3 Å². The van der Waals surface area contributed by atoms with Gasteiger partial charge in [-0.1, -0.05) is 20.8 Å². The summed E-state index contributed by atoms with van der Waals surface area (Å²) in [7, 11) is 0. The van der Waals surface area contributed by atoms with Crippen molar-refractivity contribution in [3.8, 4) is 0 Å². The van der Waals surface area contributed by atoms with Gasteiger partial charge in [-0.2, -0.15) is 4.57 Å². The standard InChI is InChI=1S/C13H18NO2.BrH/c1-10(15)11-6-5-7-14(8-11)9-12(16)13(2,3)4;/h5-8H,9H2,1-4H3;1H/q+1;/p-1. The number of rotatable bonds is 3. The van der Waals surface area contributed by atoms with Crippen LogP contribution in [0.3, 0.4) is 0 Å². The highest BCUT2D eigenvalue weighted by Crippen LogP contribution is 2.14. The minimum absolute atomic E-state index is 0. The quantitative estimate of drug-likeness (QED) is 0.519. The number of carbonyl (C=O) groups excluding carboxylic acids is 2. The first kappa shape index (κ1) is 16.0. The molecule has 0 saturated heterocycles. The summed E-state index contributed by atoms with van der Waals surface area (Å²) in [6.07, 6.45) is 3.52. The highest BCUT2D eigenvalue weighted by Gasteiger charge is 2.24. The molecule has 0 amide bonds. The van der Waals surface area contributed by atoms with Crippen molar-refractivity contribution in [3.05, 3.63) is 30.1 Å². The molecule has 1 heterocycles. The Kier molecular flexibility index (Phi) is 5.69. The van der Waals surface area contributed by atoms with Gasteiger partial charge in [-0.15, -0.1) is 0 Å². The molecule has 0 saturated carbocycles. The Morgan fingerprint density at radius 2 is 1.88 bits per heavy atom. The molecule has 0 N–H and O–H groups in total. The number of carbonyl (C=O) groups is 2. The van der Waals surface area contributed by atoms with Crippen molar-refractivity contribution >= 4 is 11.6 Å². The van der Waals surface area contributed by atoms with E-state index in [4.69, 9.17) is 0 Å². The van der Waals surface area contributed by atoms with Crippen LogP contribution < -0.4 is 21.5 Å². The summed E-state index contributed by atoms with van der Waals surface area (Å²) in [6, 6.07) is 3.53. The Morgan fingerprint density at radius 1 is 1.29 bits per heavy atom. The summed E-state index contributed by atoms with van der Waals surface area (Å²) >= 11 is 0. The maximum absolute atomic E-state index is 11.8. The molecule has 1 aromatic heterocycles. The second kappa shape index (κ2) is 6.05. The van der Waals surface area contributed by atoms with Gasteiger partial charge in [0, 0.05) is 11.5 Å². The minimum Gasteiger partial charge on any atom is -1.00 e. The van der Waals surface area contributed by atoms with Gasteiger partial charge in [0.1, 0.15) is 0 Å². The Morgan fingerprint density at radius 3 is 2.35 bits per heavy atom. The van der Waals surface area contributed by atoms with Crippen LogP contribution in [0.5, 0.6) is 0 Å². The molecule has 0 radical (unpaired) electrons. The van der Waals surface area contributed by atoms with Crippen LogP contribution in [0.15, 0.2) is 24.5 Å². The molecule has 0 bridgehead atoms. The van der Waals surface area contributed by atoms with Gasteiger partial charge in [0.15, 0.2) is 18.2 Å². The van der Waals surface area contributed by atoms with Gasteiger partial charge >= 0.3 is 0 Å². The third-order valence-corrected chi connectivity index (χ3v) is 2.43. The van der Waals surface area contributed by atoms with Crippen molar-refractivity contribution in [2.24, 2.45) is 5.41 Å². The number of Topliss-reactive ketones (excluding diaryl/α,β-unsaturated/α-hetero) is 2. The van der Waals surface area contributed by atoms with Gasteiger partial charge in [-0.25, -0.2) is 0 Å². The van der Waals surface area contributed by atoms with Crippen LogP contribution in [0.2, 0.25) is 0 Å². The first-order valence-electron chi connectivity index (χ1n) is 5.34. The van der Waals surface area contributed by atoms with E-state index in [0.29, 0.717) is 12.1 Å². The van der Waals surface area contributed by atoms with Gasteiger partial charge in [-0.3, -0.25) is 9.59 Å². The molecule has 0 aromatic carbocycles. The zero-order chi connectivity index (χ0) is 12.3. The number of aromatic nitrogens is 1. The zero-order valence-corrected chi connectivity index (χ0v) is 12.2. The third-order valence-electron chi connectivity index (χ3n) is 2.43. The first-order valence-corrected chi connectivity index (χ1v) is 5.34. The van der Waals surface area contributed by atoms with Gasteiger partial charge in [-0.05, 0) is 13.0 Å². The molecule has 0 aliphatic rings. The smallest absolute Gasteiger partial charge is 0.207 e. The van der Waals surface area contributed by atoms with Crippen LogP contribution in [-0.4, -0.2) is 11.6 Å². The normalized spacial score (nSPS) is 10.6. The van der Waals surface area contributed by atoms with Crippen LogP contribution in [-0.2, 0) is 11.3 Å². The van der Waals surface area contributed by atoms with Crippen molar-refractivity contribution in [1.29, 1.82) is 0 Å². The van der Waals surface area contributed by atoms with Crippen LogP contribution >= 0.6 is 0 Å². The highest BCUT2D eigenvalue weighted by atomic mass is 79.9. The number of hydrogen-bond donors (Lipinski definition) is 0. The van der Waals surface area contributed by atoms with E-state index in [1.165, 1.54) is 6.92 Å². The van der Waals surface area contributed by atoms with E-state index in [-0.39, 0.29) is 34.0 Å². The fraction of sp³-hybridized carbons (Fsp3) is 0.462. The predicted molar refractivity (Wildman–Crippen MR) is 61.1 cm³/mol. The van der Waals surface area contributed by atoms with Gasteiger partial charge < -0.3 is 17.0 Å². The van der Waals surface area contributed by atoms with Crippen molar-refractivity contribution in [2.45, 2.75) is 34.2 Å². The van der Waals surface area contributed by atoms with E-state index in [1.807, 2.05) is 20.8 Å². The van der Waals surface area contributed by atoms with Crippen molar-refractivity contribution < 1.29 is 31.1 Å². The fourth-order valence-electron chi connectivity index (χ4n) is 1.23. The SMILES string of the molecule is CC(=O)c1ccc[n+](CC(=O)C(C)(C)C)c1.[Br-]. The van der Waals surface area contributed by atoms with Gasteiger partial charge in [0.05, 0.1) is 5.56 Å². The van der Waals surface area contributed by atoms with Crippen LogP contribution in [0.25, 0.3) is 0 Å². The van der Waals surface area contributed by atoms with E-state index in [1.54, 1.807) is 29.1 Å². The molecule has 0 atom stereocenters. The van der Waals surface area contributed by atoms with E-state index in [0.717, 1.165) is 0 Å². The van der Waals surface area contributed by atoms with E-state index in [9.17, 15) is 9.59 Å². The number of pyridine rings is 1. The number of hydrogen-bond acceptors (Lipinski definition) is 2. The summed E-state index contributed by atoms with van der Waals surface area (Å²) < 4.78 is 1.75. The van der Waals surface area contributed by atoms with E-state index in [2.05, 4.69) is 0 Å². The van der Waals surface area contributed by atoms with Gasteiger partial charge in [0.25, 0.3) is 0 Å². The Balaban J connectivity index is 0.00000256. The first-order chi connectivity index (χ1) is 7.30. The lowest BCUT2D eigenvalue weighted by Gasteiger charge is -2.13. The second-order valence-electron chi connectivity index (χ2n) is 4.99. The second-order valence-corrected chi connectivity index (χ2v) is 4.99. The third kappa shape index (κ3) is 4.77. The van der Waals surface area contributed by atoms with Crippen LogP contribution in [0.4, 0.5) is 0 Å². The molecule has 4 heteroatoms.